The average molecular weight is 713 g/mol. The number of nitrogens with one attached hydrogen (secondary N) is 1. The lowest BCUT2D eigenvalue weighted by Crippen LogP contribution is -2.62. The molecule has 0 radical (unpaired) electrons. The summed E-state index contributed by atoms with van der Waals surface area (Å²) < 4.78 is 95.0. The molecule has 2 aliphatic rings. The lowest BCUT2D eigenvalue weighted by atomic mass is 9.90. The summed E-state index contributed by atoms with van der Waals surface area (Å²) in [6.45, 7) is 0.887. The molecule has 6 atom stereocenters. The van der Waals surface area contributed by atoms with E-state index in [2.05, 4.69) is 15.6 Å². The normalized spacial score (nSPS) is 24.1. The number of esters is 1. The summed E-state index contributed by atoms with van der Waals surface area (Å²) in [6, 6.07) is 12.0. The van der Waals surface area contributed by atoms with Crippen molar-refractivity contribution in [1.82, 2.24) is 15.0 Å². The van der Waals surface area contributed by atoms with E-state index >= 15 is 0 Å². The monoisotopic (exact) mass is 712 g/mol. The summed E-state index contributed by atoms with van der Waals surface area (Å²) in [7, 11) is 0. The van der Waals surface area contributed by atoms with E-state index in [0.717, 1.165) is 31.2 Å². The Morgan fingerprint density at radius 2 is 1.73 bits per heavy atom. The fraction of sp³-hybridized carbons (Fsp3) is 0.290. The van der Waals surface area contributed by atoms with Crippen molar-refractivity contribution in [2.75, 3.05) is 11.9 Å². The van der Waals surface area contributed by atoms with Crippen LogP contribution in [0.1, 0.15) is 30.4 Å². The first-order valence-corrected chi connectivity index (χ1v) is 14.9. The Kier molecular flexibility index (Phi) is 9.42. The Bertz CT molecular complexity index is 1820. The predicted octanol–water partition coefficient (Wildman–Crippen LogP) is 6.54. The minimum atomic E-state index is -4.86. The molecule has 1 unspecified atom stereocenters. The SMILES string of the molecule is CC(=O)O[C@@H]1[C@@H](n2cc(-c3cc(F)c(Cl)c(F)c3)nn2)[C@H]2OC(c3ccccc3)OC[C@H]2O[C@H]1C(=O)Nc1cc(Cl)ccc1C(F)(F)F. The molecule has 4 aromatic rings. The quantitative estimate of drug-likeness (QED) is 0.136. The number of alkyl halides is 3. The molecular weight excluding hydrogens is 690 g/mol. The molecule has 1 N–H and O–H groups in total. The van der Waals surface area contributed by atoms with Crippen molar-refractivity contribution in [3.63, 3.8) is 0 Å². The number of nitrogens with zero attached hydrogens (tertiary/aromatic N) is 3. The third-order valence-corrected chi connectivity index (χ3v) is 8.22. The Hall–Kier alpha value is -4.15. The highest BCUT2D eigenvalue weighted by atomic mass is 35.5. The van der Waals surface area contributed by atoms with Crippen LogP contribution in [0.4, 0.5) is 27.6 Å². The van der Waals surface area contributed by atoms with Gasteiger partial charge in [0.15, 0.2) is 18.5 Å². The molecule has 252 valence electrons. The minimum absolute atomic E-state index is 0.0319. The first kappa shape index (κ1) is 33.7. The molecule has 6 rings (SSSR count). The smallest absolute Gasteiger partial charge is 0.418 e. The van der Waals surface area contributed by atoms with E-state index in [0.29, 0.717) is 11.6 Å². The van der Waals surface area contributed by atoms with Crippen molar-refractivity contribution >= 4 is 40.8 Å². The fourth-order valence-electron chi connectivity index (χ4n) is 5.54. The number of fused-ring (bicyclic) bond motifs is 1. The Morgan fingerprint density at radius 1 is 1.02 bits per heavy atom. The van der Waals surface area contributed by atoms with Gasteiger partial charge in [-0.2, -0.15) is 13.2 Å². The number of amides is 1. The zero-order chi connectivity index (χ0) is 34.3. The number of anilines is 1. The van der Waals surface area contributed by atoms with E-state index in [4.69, 9.17) is 42.1 Å². The zero-order valence-electron chi connectivity index (χ0n) is 24.5. The second kappa shape index (κ2) is 13.4. The first-order chi connectivity index (χ1) is 22.8. The highest BCUT2D eigenvalue weighted by Crippen LogP contribution is 2.42. The molecule has 0 saturated carbocycles. The van der Waals surface area contributed by atoms with Crippen LogP contribution in [-0.2, 0) is 34.7 Å². The lowest BCUT2D eigenvalue weighted by molar-refractivity contribution is -0.313. The number of hydrogen-bond acceptors (Lipinski definition) is 8. The van der Waals surface area contributed by atoms with Gasteiger partial charge in [-0.1, -0.05) is 58.7 Å². The zero-order valence-corrected chi connectivity index (χ0v) is 26.0. The predicted molar refractivity (Wildman–Crippen MR) is 159 cm³/mol. The number of aromatic nitrogens is 3. The third kappa shape index (κ3) is 6.87. The van der Waals surface area contributed by atoms with Crippen molar-refractivity contribution in [3.05, 3.63) is 99.7 Å². The largest absolute Gasteiger partial charge is 0.457 e. The van der Waals surface area contributed by atoms with Crippen molar-refractivity contribution < 1.29 is 50.5 Å². The van der Waals surface area contributed by atoms with Gasteiger partial charge in [-0.05, 0) is 30.3 Å². The average Bonchev–Trinajstić information content (AvgIpc) is 3.52. The molecule has 1 amide bonds. The third-order valence-electron chi connectivity index (χ3n) is 7.62. The molecule has 2 saturated heterocycles. The van der Waals surface area contributed by atoms with E-state index in [1.54, 1.807) is 30.3 Å². The van der Waals surface area contributed by atoms with Gasteiger partial charge in [0.25, 0.3) is 5.91 Å². The molecule has 10 nitrogen and oxygen atoms in total. The number of rotatable bonds is 6. The maximum Gasteiger partial charge on any atom is 0.418 e. The first-order valence-electron chi connectivity index (χ1n) is 14.2. The number of halogens is 7. The summed E-state index contributed by atoms with van der Waals surface area (Å²) in [5, 5.41) is 9.50. The van der Waals surface area contributed by atoms with Gasteiger partial charge in [0.2, 0.25) is 0 Å². The molecular formula is C31H23Cl2F5N4O6. The van der Waals surface area contributed by atoms with Gasteiger partial charge >= 0.3 is 12.1 Å². The molecule has 0 aliphatic carbocycles. The summed E-state index contributed by atoms with van der Waals surface area (Å²) in [4.78, 5) is 26.2. The Labute approximate surface area is 278 Å². The van der Waals surface area contributed by atoms with Crippen LogP contribution in [0.25, 0.3) is 11.3 Å². The van der Waals surface area contributed by atoms with Gasteiger partial charge in [0, 0.05) is 23.1 Å². The van der Waals surface area contributed by atoms with Crippen LogP contribution >= 0.6 is 23.2 Å². The van der Waals surface area contributed by atoms with Crippen LogP contribution in [0.3, 0.4) is 0 Å². The summed E-state index contributed by atoms with van der Waals surface area (Å²) in [5.41, 5.74) is -1.31. The number of ether oxygens (including phenoxy) is 4. The number of carbonyl (C=O) groups is 2. The van der Waals surface area contributed by atoms with Crippen molar-refractivity contribution in [2.24, 2.45) is 0 Å². The summed E-state index contributed by atoms with van der Waals surface area (Å²) in [5.74, 6) is -4.11. The Morgan fingerprint density at radius 3 is 2.40 bits per heavy atom. The summed E-state index contributed by atoms with van der Waals surface area (Å²) >= 11 is 11.6. The van der Waals surface area contributed by atoms with Crippen LogP contribution in [0.5, 0.6) is 0 Å². The van der Waals surface area contributed by atoms with Gasteiger partial charge in [0.05, 0.1) is 24.1 Å². The second-order valence-electron chi connectivity index (χ2n) is 10.9. The highest BCUT2D eigenvalue weighted by molar-refractivity contribution is 6.31. The molecule has 2 aliphatic heterocycles. The van der Waals surface area contributed by atoms with Gasteiger partial charge < -0.3 is 24.3 Å². The molecule has 3 aromatic carbocycles. The van der Waals surface area contributed by atoms with Crippen molar-refractivity contribution in [1.29, 1.82) is 0 Å². The van der Waals surface area contributed by atoms with Crippen LogP contribution in [-0.4, -0.2) is 57.9 Å². The molecule has 3 heterocycles. The van der Waals surface area contributed by atoms with Gasteiger partial charge in [-0.25, -0.2) is 13.5 Å². The summed E-state index contributed by atoms with van der Waals surface area (Å²) in [6.07, 6.45) is -10.0. The Balaban J connectivity index is 1.41. The number of hydrogen-bond donors (Lipinski definition) is 1. The fourth-order valence-corrected chi connectivity index (χ4v) is 5.83. The molecule has 2 fully saturated rings. The van der Waals surface area contributed by atoms with E-state index in [1.165, 1.54) is 10.9 Å². The van der Waals surface area contributed by atoms with Crippen LogP contribution in [0.2, 0.25) is 10.0 Å². The van der Waals surface area contributed by atoms with E-state index in [9.17, 15) is 31.5 Å². The molecule has 17 heteroatoms. The number of benzene rings is 3. The topological polar surface area (TPSA) is 114 Å². The van der Waals surface area contributed by atoms with E-state index in [1.807, 2.05) is 0 Å². The molecule has 48 heavy (non-hydrogen) atoms. The van der Waals surface area contributed by atoms with Crippen LogP contribution < -0.4 is 5.32 Å². The second-order valence-corrected chi connectivity index (χ2v) is 11.7. The molecule has 1 aromatic heterocycles. The lowest BCUT2D eigenvalue weighted by Gasteiger charge is -2.48. The standard InChI is InChI=1S/C31H23Cl2F5N4O6/c1-14(43)46-27-25(42-12-22(40-41-42)16-9-19(34)24(33)20(35)10-16)26-23(13-45-30(48-26)15-5-3-2-4-6-15)47-28(27)29(44)39-21-11-17(32)7-8-18(21)31(36,37)38/h2-12,23,25-28,30H,13H2,1H3,(H,39,44)/t23-,25+,26+,27-,28-,30?/m1/s1. The highest BCUT2D eigenvalue weighted by Gasteiger charge is 2.55. The van der Waals surface area contributed by atoms with E-state index in [-0.39, 0.29) is 22.9 Å². The molecule has 0 bridgehead atoms. The maximum absolute atomic E-state index is 14.3. The van der Waals surface area contributed by atoms with Crippen LogP contribution in [0.15, 0.2) is 66.9 Å². The van der Waals surface area contributed by atoms with E-state index < -0.39 is 82.7 Å². The maximum atomic E-state index is 14.3. The number of carbonyl (C=O) groups excluding carboxylic acids is 2. The minimum Gasteiger partial charge on any atom is -0.457 e. The van der Waals surface area contributed by atoms with Crippen molar-refractivity contribution in [2.45, 2.75) is 49.8 Å². The van der Waals surface area contributed by atoms with Gasteiger partial charge in [-0.15, -0.1) is 5.10 Å². The molecule has 0 spiro atoms. The van der Waals surface area contributed by atoms with Crippen LogP contribution in [0, 0.1) is 11.6 Å². The van der Waals surface area contributed by atoms with Gasteiger partial charge in [-0.3, -0.25) is 9.59 Å². The van der Waals surface area contributed by atoms with Crippen molar-refractivity contribution in [3.8, 4) is 11.3 Å². The van der Waals surface area contributed by atoms with Gasteiger partial charge in [0.1, 0.15) is 40.6 Å².